The zero-order valence-electron chi connectivity index (χ0n) is 9.32. The van der Waals surface area contributed by atoms with Gasteiger partial charge in [0.2, 0.25) is 6.04 Å². The average Bonchev–Trinajstić information content (AvgIpc) is 2.73. The van der Waals surface area contributed by atoms with Gasteiger partial charge in [-0.1, -0.05) is 28.1 Å². The molecule has 2 atom stereocenters. The normalized spacial score (nSPS) is 23.1. The van der Waals surface area contributed by atoms with Crippen LogP contribution in [0.25, 0.3) is 0 Å². The van der Waals surface area contributed by atoms with Crippen LogP contribution in [0.4, 0.5) is 4.79 Å². The van der Waals surface area contributed by atoms with Gasteiger partial charge in [0.15, 0.2) is 0 Å². The van der Waals surface area contributed by atoms with Gasteiger partial charge in [0.1, 0.15) is 0 Å². The molecular formula is C11H11BrN2O4. The number of nitrogens with zero attached hydrogens (tertiary/aromatic N) is 2. The molecule has 1 amide bonds. The number of rotatable bonds is 2. The van der Waals surface area contributed by atoms with E-state index in [-0.39, 0.29) is 13.1 Å². The smallest absolute Gasteiger partial charge is 0.407 e. The van der Waals surface area contributed by atoms with Crippen molar-refractivity contribution in [3.8, 4) is 0 Å². The maximum absolute atomic E-state index is 11.0. The van der Waals surface area contributed by atoms with Crippen LogP contribution in [0, 0.1) is 10.1 Å². The molecule has 18 heavy (non-hydrogen) atoms. The Kier molecular flexibility index (Phi) is 3.51. The van der Waals surface area contributed by atoms with E-state index in [9.17, 15) is 14.9 Å². The standard InChI is InChI=1S/C11H11BrN2O4/c12-8-3-1-2-7(4-8)9-5-13(11(15)16)6-10(9)14(17)18/h1-4,9-10H,5-6H2,(H,15,16). The summed E-state index contributed by atoms with van der Waals surface area (Å²) in [5.74, 6) is -0.395. The lowest BCUT2D eigenvalue weighted by molar-refractivity contribution is -0.520. The van der Waals surface area contributed by atoms with Crippen LogP contribution < -0.4 is 0 Å². The summed E-state index contributed by atoms with van der Waals surface area (Å²) < 4.78 is 0.830. The highest BCUT2D eigenvalue weighted by Gasteiger charge is 2.43. The molecule has 1 saturated heterocycles. The molecular weight excluding hydrogens is 304 g/mol. The van der Waals surface area contributed by atoms with E-state index in [0.29, 0.717) is 0 Å². The molecule has 0 aromatic heterocycles. The maximum atomic E-state index is 11.0. The molecule has 1 fully saturated rings. The molecule has 1 heterocycles. The first-order chi connectivity index (χ1) is 8.49. The Morgan fingerprint density at radius 1 is 1.50 bits per heavy atom. The van der Waals surface area contributed by atoms with Gasteiger partial charge in [0, 0.05) is 15.9 Å². The number of likely N-dealkylation sites (tertiary alicyclic amines) is 1. The van der Waals surface area contributed by atoms with Crippen molar-refractivity contribution in [2.24, 2.45) is 0 Å². The van der Waals surface area contributed by atoms with E-state index >= 15 is 0 Å². The van der Waals surface area contributed by atoms with Crippen molar-refractivity contribution in [3.63, 3.8) is 0 Å². The molecule has 0 aliphatic carbocycles. The highest BCUT2D eigenvalue weighted by atomic mass is 79.9. The number of nitro groups is 1. The van der Waals surface area contributed by atoms with Crippen molar-refractivity contribution >= 4 is 22.0 Å². The quantitative estimate of drug-likeness (QED) is 0.669. The summed E-state index contributed by atoms with van der Waals surface area (Å²) in [6.45, 7) is 0.108. The summed E-state index contributed by atoms with van der Waals surface area (Å²) in [6.07, 6.45) is -1.11. The first-order valence-electron chi connectivity index (χ1n) is 5.36. The third-order valence-electron chi connectivity index (χ3n) is 3.11. The van der Waals surface area contributed by atoms with E-state index in [0.717, 1.165) is 14.9 Å². The zero-order valence-corrected chi connectivity index (χ0v) is 10.9. The Bertz CT molecular complexity index is 494. The first-order valence-corrected chi connectivity index (χ1v) is 6.15. The minimum absolute atomic E-state index is 0.0560. The topological polar surface area (TPSA) is 83.7 Å². The van der Waals surface area contributed by atoms with Gasteiger partial charge in [0.05, 0.1) is 12.5 Å². The van der Waals surface area contributed by atoms with Gasteiger partial charge in [-0.3, -0.25) is 10.1 Å². The number of carboxylic acid groups (broad SMARTS) is 1. The van der Waals surface area contributed by atoms with Crippen LogP contribution in [-0.2, 0) is 0 Å². The van der Waals surface area contributed by atoms with Gasteiger partial charge >= 0.3 is 6.09 Å². The summed E-state index contributed by atoms with van der Waals surface area (Å²) in [7, 11) is 0. The Morgan fingerprint density at radius 2 is 2.22 bits per heavy atom. The van der Waals surface area contributed by atoms with Crippen LogP contribution in [-0.4, -0.2) is 40.2 Å². The molecule has 0 saturated carbocycles. The highest BCUT2D eigenvalue weighted by molar-refractivity contribution is 9.10. The van der Waals surface area contributed by atoms with Crippen LogP contribution in [0.2, 0.25) is 0 Å². The van der Waals surface area contributed by atoms with Gasteiger partial charge in [-0.15, -0.1) is 0 Å². The first kappa shape index (κ1) is 12.8. The van der Waals surface area contributed by atoms with Gasteiger partial charge in [0.25, 0.3) is 0 Å². The van der Waals surface area contributed by atoms with Crippen LogP contribution in [0.5, 0.6) is 0 Å². The molecule has 1 aromatic rings. The number of hydrogen-bond donors (Lipinski definition) is 1. The van der Waals surface area contributed by atoms with Gasteiger partial charge in [-0.25, -0.2) is 4.79 Å². The lowest BCUT2D eigenvalue weighted by atomic mass is 9.95. The lowest BCUT2D eigenvalue weighted by Crippen LogP contribution is -2.30. The molecule has 1 aliphatic rings. The van der Waals surface area contributed by atoms with Crippen LogP contribution >= 0.6 is 15.9 Å². The predicted octanol–water partition coefficient (Wildman–Crippen LogP) is 2.17. The number of benzene rings is 1. The zero-order chi connectivity index (χ0) is 13.3. The number of carbonyl (C=O) groups is 1. The second-order valence-electron chi connectivity index (χ2n) is 4.20. The van der Waals surface area contributed by atoms with Gasteiger partial charge < -0.3 is 10.0 Å². The minimum Gasteiger partial charge on any atom is -0.465 e. The molecule has 1 aliphatic heterocycles. The Morgan fingerprint density at radius 3 is 2.78 bits per heavy atom. The minimum atomic E-state index is -1.11. The summed E-state index contributed by atoms with van der Waals surface area (Å²) in [6, 6.07) is 6.33. The van der Waals surface area contributed by atoms with Crippen molar-refractivity contribution in [1.29, 1.82) is 0 Å². The molecule has 96 valence electrons. The molecule has 6 nitrogen and oxygen atoms in total. The fraction of sp³-hybridized carbons (Fsp3) is 0.364. The van der Waals surface area contributed by atoms with E-state index in [1.807, 2.05) is 6.07 Å². The molecule has 0 spiro atoms. The van der Waals surface area contributed by atoms with Gasteiger partial charge in [-0.2, -0.15) is 0 Å². The molecule has 2 rings (SSSR count). The fourth-order valence-corrected chi connectivity index (χ4v) is 2.64. The van der Waals surface area contributed by atoms with Crippen LogP contribution in [0.15, 0.2) is 28.7 Å². The SMILES string of the molecule is O=C(O)N1CC(c2cccc(Br)c2)C([N+](=O)[O-])C1. The molecule has 0 bridgehead atoms. The van der Waals surface area contributed by atoms with Crippen molar-refractivity contribution in [2.45, 2.75) is 12.0 Å². The lowest BCUT2D eigenvalue weighted by Gasteiger charge is -2.12. The second-order valence-corrected chi connectivity index (χ2v) is 5.12. The molecule has 7 heteroatoms. The van der Waals surface area contributed by atoms with E-state index in [2.05, 4.69) is 15.9 Å². The van der Waals surface area contributed by atoms with E-state index in [1.165, 1.54) is 0 Å². The number of amides is 1. The van der Waals surface area contributed by atoms with E-state index in [4.69, 9.17) is 5.11 Å². The van der Waals surface area contributed by atoms with Crippen molar-refractivity contribution in [1.82, 2.24) is 4.90 Å². The third kappa shape index (κ3) is 2.45. The Balaban J connectivity index is 2.30. The maximum Gasteiger partial charge on any atom is 0.407 e. The summed E-state index contributed by atoms with van der Waals surface area (Å²) in [5, 5.41) is 19.9. The molecule has 0 radical (unpaired) electrons. The highest BCUT2D eigenvalue weighted by Crippen LogP contribution is 2.30. The van der Waals surface area contributed by atoms with Crippen LogP contribution in [0.1, 0.15) is 11.5 Å². The average molecular weight is 315 g/mol. The van der Waals surface area contributed by atoms with E-state index < -0.39 is 23.0 Å². The number of hydrogen-bond acceptors (Lipinski definition) is 3. The van der Waals surface area contributed by atoms with Crippen LogP contribution in [0.3, 0.4) is 0 Å². The summed E-state index contributed by atoms with van der Waals surface area (Å²) in [4.78, 5) is 22.6. The predicted molar refractivity (Wildman–Crippen MR) is 67.3 cm³/mol. The molecule has 1 aromatic carbocycles. The van der Waals surface area contributed by atoms with Crippen molar-refractivity contribution < 1.29 is 14.8 Å². The largest absolute Gasteiger partial charge is 0.465 e. The Hall–Kier alpha value is -1.63. The Labute approximate surface area is 111 Å². The molecule has 1 N–H and O–H groups in total. The number of halogens is 1. The van der Waals surface area contributed by atoms with Gasteiger partial charge in [-0.05, 0) is 17.7 Å². The van der Waals surface area contributed by atoms with E-state index in [1.54, 1.807) is 18.2 Å². The van der Waals surface area contributed by atoms with Crippen molar-refractivity contribution in [3.05, 3.63) is 44.4 Å². The summed E-state index contributed by atoms with van der Waals surface area (Å²) in [5.41, 5.74) is 0.787. The second kappa shape index (κ2) is 4.93. The summed E-state index contributed by atoms with van der Waals surface area (Å²) >= 11 is 3.31. The monoisotopic (exact) mass is 314 g/mol. The third-order valence-corrected chi connectivity index (χ3v) is 3.60. The molecule has 2 unspecified atom stereocenters. The fourth-order valence-electron chi connectivity index (χ4n) is 2.22. The van der Waals surface area contributed by atoms with Crippen molar-refractivity contribution in [2.75, 3.05) is 13.1 Å².